The van der Waals surface area contributed by atoms with Crippen LogP contribution in [-0.4, -0.2) is 56.2 Å². The Morgan fingerprint density at radius 1 is 1.14 bits per heavy atom. The summed E-state index contributed by atoms with van der Waals surface area (Å²) in [7, 11) is 0. The molecule has 5 rings (SSSR count). The fourth-order valence-electron chi connectivity index (χ4n) is 5.85. The maximum absolute atomic E-state index is 15.5. The fourth-order valence-corrected chi connectivity index (χ4v) is 5.85. The number of benzene rings is 1. The van der Waals surface area contributed by atoms with Gasteiger partial charge in [-0.15, -0.1) is 0 Å². The molecule has 1 atom stereocenters. The fraction of sp³-hybridized carbons (Fsp3) is 0.382. The van der Waals surface area contributed by atoms with Gasteiger partial charge in [-0.1, -0.05) is 43.5 Å². The summed E-state index contributed by atoms with van der Waals surface area (Å²) in [5.74, 6) is 1.81. The first-order valence-corrected chi connectivity index (χ1v) is 15.0. The number of nitrogens with two attached hydrogens (primary N) is 1. The van der Waals surface area contributed by atoms with E-state index in [0.717, 1.165) is 51.1 Å². The van der Waals surface area contributed by atoms with Gasteiger partial charge in [-0.3, -0.25) is 4.90 Å². The number of ether oxygens (including phenoxy) is 1. The van der Waals surface area contributed by atoms with E-state index < -0.39 is 5.82 Å². The van der Waals surface area contributed by atoms with Crippen LogP contribution in [-0.2, 0) is 0 Å². The lowest BCUT2D eigenvalue weighted by Gasteiger charge is -2.40. The minimum absolute atomic E-state index is 0.222. The molecule has 0 amide bonds. The van der Waals surface area contributed by atoms with E-state index in [1.807, 2.05) is 32.1 Å². The number of allylic oxidation sites excluding steroid dienone is 7. The summed E-state index contributed by atoms with van der Waals surface area (Å²) in [5, 5.41) is 8.01. The molecule has 9 heteroatoms. The van der Waals surface area contributed by atoms with Gasteiger partial charge in [0.1, 0.15) is 40.7 Å². The van der Waals surface area contributed by atoms with Crippen LogP contribution < -0.4 is 15.8 Å². The van der Waals surface area contributed by atoms with Gasteiger partial charge in [-0.25, -0.2) is 18.9 Å². The molecule has 8 nitrogen and oxygen atoms in total. The van der Waals surface area contributed by atoms with Crippen molar-refractivity contribution in [3.05, 3.63) is 97.6 Å². The largest absolute Gasteiger partial charge is 0.457 e. The number of anilines is 1. The van der Waals surface area contributed by atoms with Crippen molar-refractivity contribution in [3.8, 4) is 17.0 Å². The number of hydrogen-bond acceptors (Lipinski definition) is 7. The molecule has 0 spiro atoms. The molecule has 0 radical (unpaired) electrons. The van der Waals surface area contributed by atoms with Crippen molar-refractivity contribution >= 4 is 11.3 Å². The van der Waals surface area contributed by atoms with Crippen molar-refractivity contribution in [3.63, 3.8) is 0 Å². The molecule has 3 aromatic rings. The van der Waals surface area contributed by atoms with E-state index in [1.54, 1.807) is 41.0 Å². The summed E-state index contributed by atoms with van der Waals surface area (Å²) in [6.45, 7) is 16.5. The van der Waals surface area contributed by atoms with E-state index in [4.69, 9.17) is 15.5 Å². The van der Waals surface area contributed by atoms with Gasteiger partial charge in [0.25, 0.3) is 0 Å². The quantitative estimate of drug-likeness (QED) is 0.227. The van der Waals surface area contributed by atoms with Gasteiger partial charge in [0.05, 0.1) is 0 Å². The van der Waals surface area contributed by atoms with Gasteiger partial charge in [-0.2, -0.15) is 5.10 Å². The second kappa shape index (κ2) is 15.4. The second-order valence-electron chi connectivity index (χ2n) is 10.9. The Bertz CT molecular complexity index is 1480. The maximum Gasteiger partial charge on any atom is 0.153 e. The third-order valence-electron chi connectivity index (χ3n) is 7.84. The third kappa shape index (κ3) is 7.86. The van der Waals surface area contributed by atoms with Gasteiger partial charge < -0.3 is 15.8 Å². The monoisotopic (exact) mass is 585 g/mol. The number of rotatable bonds is 8. The Kier molecular flexibility index (Phi) is 11.4. The summed E-state index contributed by atoms with van der Waals surface area (Å²) in [6.07, 6.45) is 18.2. The minimum Gasteiger partial charge on any atom is -0.457 e. The van der Waals surface area contributed by atoms with Crippen molar-refractivity contribution < 1.29 is 9.13 Å². The summed E-state index contributed by atoms with van der Waals surface area (Å²) < 4.78 is 23.1. The van der Waals surface area contributed by atoms with E-state index >= 15 is 4.39 Å². The van der Waals surface area contributed by atoms with Gasteiger partial charge in [-0.05, 0) is 70.7 Å². The van der Waals surface area contributed by atoms with Crippen molar-refractivity contribution in [1.82, 2.24) is 29.8 Å². The topological polar surface area (TPSA) is 93.6 Å². The molecule has 1 aliphatic carbocycles. The molecule has 2 aliphatic rings. The van der Waals surface area contributed by atoms with Crippen LogP contribution in [0.3, 0.4) is 0 Å². The maximum atomic E-state index is 15.5. The first kappa shape index (κ1) is 31.8. The third-order valence-corrected chi connectivity index (χ3v) is 7.84. The van der Waals surface area contributed by atoms with Crippen molar-refractivity contribution in [2.75, 3.05) is 25.4 Å². The standard InChI is InChI=1S/C29H36FN7O.C5H8/c1-4-6-22(7-5-2)38-23-12-13-24(25(30)16-23)26-27-28(31)33-18-34-37(27)29(35-26)20-8-10-21(11-9-20)36-15-14-32-19(3)17-36;1-3-5-4-2/h4-7,12-13,16,18-21,32H,1,8-11,14-15,17H2,2-3H3,(H2,31,33,34);3-5H,1H2,2H3/b7-5-,22-6+;5-4-/t19-,20?,21?;/m0./s1. The number of imidazole rings is 1. The average Bonchev–Trinajstić information content (AvgIpc) is 3.39. The highest BCUT2D eigenvalue weighted by atomic mass is 19.1. The van der Waals surface area contributed by atoms with E-state index in [-0.39, 0.29) is 11.7 Å². The molecule has 1 saturated carbocycles. The molecule has 1 aliphatic heterocycles. The molecule has 0 bridgehead atoms. The molecule has 43 heavy (non-hydrogen) atoms. The second-order valence-corrected chi connectivity index (χ2v) is 10.9. The number of piperazine rings is 1. The van der Waals surface area contributed by atoms with Crippen molar-refractivity contribution in [2.45, 2.75) is 64.5 Å². The van der Waals surface area contributed by atoms with E-state index in [9.17, 15) is 0 Å². The van der Waals surface area contributed by atoms with E-state index in [0.29, 0.717) is 40.4 Å². The van der Waals surface area contributed by atoms with Crippen LogP contribution in [0.2, 0.25) is 0 Å². The van der Waals surface area contributed by atoms with Gasteiger partial charge in [0.2, 0.25) is 0 Å². The van der Waals surface area contributed by atoms with E-state index in [2.05, 4.69) is 40.4 Å². The summed E-state index contributed by atoms with van der Waals surface area (Å²) in [5.41, 5.74) is 7.62. The molecule has 0 unspecified atom stereocenters. The molecule has 2 fully saturated rings. The zero-order valence-electron chi connectivity index (χ0n) is 25.5. The Balaban J connectivity index is 0.000000782. The first-order chi connectivity index (χ1) is 20.9. The van der Waals surface area contributed by atoms with Crippen LogP contribution in [0, 0.1) is 5.82 Å². The molecule has 228 valence electrons. The number of nitrogens with one attached hydrogen (secondary N) is 1. The summed E-state index contributed by atoms with van der Waals surface area (Å²) >= 11 is 0. The number of aromatic nitrogens is 4. The highest BCUT2D eigenvalue weighted by Crippen LogP contribution is 2.38. The molecule has 3 N–H and O–H groups in total. The van der Waals surface area contributed by atoms with Gasteiger partial charge >= 0.3 is 0 Å². The summed E-state index contributed by atoms with van der Waals surface area (Å²) in [6, 6.07) is 5.88. The number of halogens is 1. The number of hydrogen-bond donors (Lipinski definition) is 2. The smallest absolute Gasteiger partial charge is 0.153 e. The summed E-state index contributed by atoms with van der Waals surface area (Å²) in [4.78, 5) is 11.7. The van der Waals surface area contributed by atoms with Gasteiger partial charge in [0.15, 0.2) is 5.82 Å². The highest BCUT2D eigenvalue weighted by molar-refractivity contribution is 5.85. The molecule has 1 saturated heterocycles. The van der Waals surface area contributed by atoms with Crippen molar-refractivity contribution in [2.24, 2.45) is 0 Å². The number of nitrogens with zero attached hydrogens (tertiary/aromatic N) is 5. The highest BCUT2D eigenvalue weighted by Gasteiger charge is 2.32. The predicted octanol–water partition coefficient (Wildman–Crippen LogP) is 6.61. The Morgan fingerprint density at radius 2 is 1.93 bits per heavy atom. The lowest BCUT2D eigenvalue weighted by molar-refractivity contribution is 0.114. The zero-order chi connectivity index (χ0) is 30.8. The molecule has 2 aromatic heterocycles. The van der Waals surface area contributed by atoms with Crippen LogP contribution in [0.1, 0.15) is 58.2 Å². The first-order valence-electron chi connectivity index (χ1n) is 15.0. The SMILES string of the molecule is C=C/C=C(\C=C/C)Oc1ccc(-c2nc(C3CCC(N4CCN[C@@H](C)C4)CC3)n3ncnc(N)c23)c(F)c1.C=C/C=C\C. The van der Waals surface area contributed by atoms with Crippen LogP contribution in [0.25, 0.3) is 16.8 Å². The van der Waals surface area contributed by atoms with Gasteiger partial charge in [0, 0.05) is 49.3 Å². The predicted molar refractivity (Wildman–Crippen MR) is 173 cm³/mol. The van der Waals surface area contributed by atoms with Crippen LogP contribution in [0.5, 0.6) is 5.75 Å². The van der Waals surface area contributed by atoms with Crippen LogP contribution >= 0.6 is 0 Å². The average molecular weight is 586 g/mol. The van der Waals surface area contributed by atoms with E-state index in [1.165, 1.54) is 12.4 Å². The Morgan fingerprint density at radius 3 is 2.56 bits per heavy atom. The normalized spacial score (nSPS) is 21.6. The molecule has 3 heterocycles. The molecular weight excluding hydrogens is 541 g/mol. The van der Waals surface area contributed by atoms with Crippen molar-refractivity contribution in [1.29, 1.82) is 0 Å². The Hall–Kier alpha value is -4.08. The zero-order valence-corrected chi connectivity index (χ0v) is 25.5. The Labute approximate surface area is 254 Å². The number of fused-ring (bicyclic) bond motifs is 1. The van der Waals surface area contributed by atoms with Crippen LogP contribution in [0.4, 0.5) is 10.2 Å². The lowest BCUT2D eigenvalue weighted by atomic mass is 9.84. The number of nitrogen functional groups attached to an aromatic ring is 1. The molecular formula is C34H44FN7O. The van der Waals surface area contributed by atoms with Crippen LogP contribution in [0.15, 0.2) is 86.0 Å². The molecule has 1 aromatic carbocycles. The minimum atomic E-state index is -0.452. The lowest BCUT2D eigenvalue weighted by Crippen LogP contribution is -2.53.